The number of aryl methyl sites for hydroxylation is 1. The molecule has 136 valence electrons. The highest BCUT2D eigenvalue weighted by Gasteiger charge is 2.06. The highest BCUT2D eigenvalue weighted by Crippen LogP contribution is 2.22. The van der Waals surface area contributed by atoms with Crippen molar-refractivity contribution in [3.63, 3.8) is 0 Å². The van der Waals surface area contributed by atoms with Gasteiger partial charge in [-0.15, -0.1) is 0 Å². The first-order valence-corrected chi connectivity index (χ1v) is 8.10. The Morgan fingerprint density at radius 2 is 1.11 bits per heavy atom. The Kier molecular flexibility index (Phi) is 5.03. The Morgan fingerprint density at radius 3 is 1.44 bits per heavy atom. The number of hydrogen-bond acceptors (Lipinski definition) is 5. The third-order valence-corrected chi connectivity index (χ3v) is 3.78. The van der Waals surface area contributed by atoms with Gasteiger partial charge in [0.25, 0.3) is 0 Å². The molecule has 4 N–H and O–H groups in total. The number of carbonyl (C=O) groups is 2. The van der Waals surface area contributed by atoms with Crippen molar-refractivity contribution in [2.24, 2.45) is 0 Å². The van der Waals surface area contributed by atoms with E-state index in [0.717, 1.165) is 16.9 Å². The van der Waals surface area contributed by atoms with Crippen LogP contribution in [0.5, 0.6) is 0 Å². The zero-order valence-electron chi connectivity index (χ0n) is 14.4. The summed E-state index contributed by atoms with van der Waals surface area (Å²) >= 11 is 0. The van der Waals surface area contributed by atoms with Crippen LogP contribution in [0.15, 0.2) is 60.7 Å². The number of nitrogens with zero attached hydrogens (tertiary/aromatic N) is 1. The quantitative estimate of drug-likeness (QED) is 0.517. The van der Waals surface area contributed by atoms with Crippen molar-refractivity contribution in [3.8, 4) is 0 Å². The summed E-state index contributed by atoms with van der Waals surface area (Å²) in [6, 6.07) is 16.5. The molecule has 1 heterocycles. The minimum Gasteiger partial charge on any atom is -0.478 e. The molecule has 27 heavy (non-hydrogen) atoms. The molecule has 0 atom stereocenters. The maximum absolute atomic E-state index is 10.9. The number of anilines is 4. The van der Waals surface area contributed by atoms with Gasteiger partial charge in [0.15, 0.2) is 0 Å². The largest absolute Gasteiger partial charge is 0.478 e. The van der Waals surface area contributed by atoms with Crippen LogP contribution in [0.4, 0.5) is 23.0 Å². The van der Waals surface area contributed by atoms with Gasteiger partial charge in [0.2, 0.25) is 0 Å². The summed E-state index contributed by atoms with van der Waals surface area (Å²) in [4.78, 5) is 26.3. The van der Waals surface area contributed by atoms with Gasteiger partial charge in [-0.2, -0.15) is 0 Å². The molecule has 0 radical (unpaired) electrons. The summed E-state index contributed by atoms with van der Waals surface area (Å²) in [7, 11) is 0. The number of carboxylic acids is 2. The molecule has 7 heteroatoms. The van der Waals surface area contributed by atoms with Gasteiger partial charge in [-0.1, -0.05) is 0 Å². The Balaban J connectivity index is 1.77. The molecule has 0 saturated carbocycles. The molecule has 0 bridgehead atoms. The van der Waals surface area contributed by atoms with Gasteiger partial charge >= 0.3 is 11.9 Å². The number of aromatic nitrogens is 1. The summed E-state index contributed by atoms with van der Waals surface area (Å²) in [5.74, 6) is -0.753. The van der Waals surface area contributed by atoms with Crippen LogP contribution in [-0.4, -0.2) is 27.1 Å². The minimum atomic E-state index is -0.976. The fraction of sp³-hybridized carbons (Fsp3) is 0.0500. The van der Waals surface area contributed by atoms with E-state index >= 15 is 0 Å². The summed E-state index contributed by atoms with van der Waals surface area (Å²) in [5, 5.41) is 24.2. The van der Waals surface area contributed by atoms with Crippen LogP contribution in [0, 0.1) is 6.92 Å². The fourth-order valence-corrected chi connectivity index (χ4v) is 2.48. The van der Waals surface area contributed by atoms with Gasteiger partial charge in [0, 0.05) is 11.4 Å². The maximum Gasteiger partial charge on any atom is 0.335 e. The first-order chi connectivity index (χ1) is 12.9. The monoisotopic (exact) mass is 363 g/mol. The topological polar surface area (TPSA) is 112 Å². The van der Waals surface area contributed by atoms with Crippen molar-refractivity contribution in [1.29, 1.82) is 0 Å². The van der Waals surface area contributed by atoms with Crippen molar-refractivity contribution in [2.45, 2.75) is 6.92 Å². The summed E-state index contributed by atoms with van der Waals surface area (Å²) < 4.78 is 0. The number of nitrogens with one attached hydrogen (secondary N) is 2. The van der Waals surface area contributed by atoms with Gasteiger partial charge in [0.1, 0.15) is 11.6 Å². The van der Waals surface area contributed by atoms with Gasteiger partial charge < -0.3 is 20.8 Å². The second-order valence-corrected chi connectivity index (χ2v) is 5.93. The number of hydrogen-bond donors (Lipinski definition) is 4. The smallest absolute Gasteiger partial charge is 0.335 e. The number of aromatic carboxylic acids is 2. The van der Waals surface area contributed by atoms with E-state index in [9.17, 15) is 9.59 Å². The first-order valence-electron chi connectivity index (χ1n) is 8.10. The molecule has 0 fully saturated rings. The van der Waals surface area contributed by atoms with E-state index in [1.165, 1.54) is 24.3 Å². The predicted molar refractivity (Wildman–Crippen MR) is 102 cm³/mol. The van der Waals surface area contributed by atoms with Crippen molar-refractivity contribution < 1.29 is 19.8 Å². The Morgan fingerprint density at radius 1 is 0.741 bits per heavy atom. The molecule has 0 aliphatic rings. The van der Waals surface area contributed by atoms with Gasteiger partial charge in [0.05, 0.1) is 11.1 Å². The molecule has 0 aliphatic carbocycles. The average Bonchev–Trinajstić information content (AvgIpc) is 2.62. The van der Waals surface area contributed by atoms with Gasteiger partial charge in [-0.25, -0.2) is 14.6 Å². The average molecular weight is 363 g/mol. The van der Waals surface area contributed by atoms with Crippen molar-refractivity contribution in [2.75, 3.05) is 10.6 Å². The lowest BCUT2D eigenvalue weighted by Crippen LogP contribution is -2.01. The maximum atomic E-state index is 10.9. The number of pyridine rings is 1. The van der Waals surface area contributed by atoms with Gasteiger partial charge in [-0.05, 0) is 73.2 Å². The molecule has 0 saturated heterocycles. The van der Waals surface area contributed by atoms with Crippen molar-refractivity contribution >= 4 is 34.9 Å². The number of carboxylic acid groups (broad SMARTS) is 2. The molecule has 0 spiro atoms. The second kappa shape index (κ2) is 7.57. The Hall–Kier alpha value is -3.87. The molecule has 3 rings (SSSR count). The van der Waals surface area contributed by atoms with E-state index in [1.807, 2.05) is 19.1 Å². The van der Waals surface area contributed by atoms with E-state index < -0.39 is 11.9 Å². The van der Waals surface area contributed by atoms with Crippen LogP contribution < -0.4 is 10.6 Å². The highest BCUT2D eigenvalue weighted by molar-refractivity contribution is 5.88. The summed E-state index contributed by atoms with van der Waals surface area (Å²) in [6.07, 6.45) is 0. The fourth-order valence-electron chi connectivity index (χ4n) is 2.48. The van der Waals surface area contributed by atoms with E-state index in [4.69, 9.17) is 10.2 Å². The van der Waals surface area contributed by atoms with Crippen LogP contribution in [-0.2, 0) is 0 Å². The van der Waals surface area contributed by atoms with Crippen LogP contribution in [0.2, 0.25) is 0 Å². The minimum absolute atomic E-state index is 0.213. The van der Waals surface area contributed by atoms with E-state index in [-0.39, 0.29) is 11.1 Å². The third-order valence-electron chi connectivity index (χ3n) is 3.78. The van der Waals surface area contributed by atoms with Gasteiger partial charge in [-0.3, -0.25) is 0 Å². The molecular formula is C20H17N3O4. The van der Waals surface area contributed by atoms with Crippen LogP contribution in [0.1, 0.15) is 26.3 Å². The Bertz CT molecular complexity index is 905. The molecular weight excluding hydrogens is 346 g/mol. The molecule has 1 aromatic heterocycles. The van der Waals surface area contributed by atoms with E-state index in [0.29, 0.717) is 11.6 Å². The van der Waals surface area contributed by atoms with E-state index in [1.54, 1.807) is 24.3 Å². The van der Waals surface area contributed by atoms with Crippen LogP contribution >= 0.6 is 0 Å². The first kappa shape index (κ1) is 17.9. The molecule has 0 aliphatic heterocycles. The molecule has 2 aromatic carbocycles. The SMILES string of the molecule is Cc1cc(Nc2ccc(C(=O)O)cc2)nc(Nc2ccc(C(=O)O)cc2)c1. The molecule has 7 nitrogen and oxygen atoms in total. The zero-order chi connectivity index (χ0) is 19.4. The summed E-state index contributed by atoms with van der Waals surface area (Å²) in [6.45, 7) is 1.93. The molecule has 0 amide bonds. The zero-order valence-corrected chi connectivity index (χ0v) is 14.4. The van der Waals surface area contributed by atoms with Crippen LogP contribution in [0.25, 0.3) is 0 Å². The second-order valence-electron chi connectivity index (χ2n) is 5.93. The predicted octanol–water partition coefficient (Wildman–Crippen LogP) is 4.27. The summed E-state index contributed by atoms with van der Waals surface area (Å²) in [5.41, 5.74) is 2.83. The normalized spacial score (nSPS) is 10.3. The van der Waals surface area contributed by atoms with E-state index in [2.05, 4.69) is 15.6 Å². The molecule has 3 aromatic rings. The number of rotatable bonds is 6. The van der Waals surface area contributed by atoms with Crippen molar-refractivity contribution in [1.82, 2.24) is 4.98 Å². The Labute approximate surface area is 155 Å². The lowest BCUT2D eigenvalue weighted by atomic mass is 10.2. The molecule has 0 unspecified atom stereocenters. The lowest BCUT2D eigenvalue weighted by molar-refractivity contribution is 0.0686. The van der Waals surface area contributed by atoms with Crippen molar-refractivity contribution in [3.05, 3.63) is 77.4 Å². The van der Waals surface area contributed by atoms with Crippen LogP contribution in [0.3, 0.4) is 0 Å². The lowest BCUT2D eigenvalue weighted by Gasteiger charge is -2.11. The third kappa shape index (κ3) is 4.60. The number of benzene rings is 2. The standard InChI is InChI=1S/C20H17N3O4/c1-12-10-17(21-15-6-2-13(3-7-15)19(24)25)23-18(11-12)22-16-8-4-14(5-9-16)20(26)27/h2-11H,1H3,(H,24,25)(H,26,27)(H2,21,22,23). The highest BCUT2D eigenvalue weighted by atomic mass is 16.4.